The first-order valence-corrected chi connectivity index (χ1v) is 7.89. The van der Waals surface area contributed by atoms with Crippen molar-refractivity contribution < 1.29 is 13.2 Å². The Bertz CT molecular complexity index is 731. The van der Waals surface area contributed by atoms with Gasteiger partial charge in [-0.05, 0) is 49.7 Å². The standard InChI is InChI=1S/C17H22F3N3/c1-4-23-11(2)15(7-21-10-17(18,19)20)14-5-12-8-22(3)9-13(12)6-16(14)23/h5-6,21H,4,7-10H2,1-3H3. The van der Waals surface area contributed by atoms with Gasteiger partial charge >= 0.3 is 6.18 Å². The van der Waals surface area contributed by atoms with Gasteiger partial charge < -0.3 is 9.88 Å². The van der Waals surface area contributed by atoms with Crippen LogP contribution >= 0.6 is 0 Å². The monoisotopic (exact) mass is 325 g/mol. The molecule has 1 aromatic heterocycles. The van der Waals surface area contributed by atoms with Crippen molar-refractivity contribution in [2.24, 2.45) is 0 Å². The Morgan fingerprint density at radius 3 is 2.43 bits per heavy atom. The Morgan fingerprint density at radius 1 is 1.17 bits per heavy atom. The summed E-state index contributed by atoms with van der Waals surface area (Å²) in [5.41, 5.74) is 5.76. The molecule has 1 N–H and O–H groups in total. The number of benzene rings is 1. The van der Waals surface area contributed by atoms with Gasteiger partial charge in [0, 0.05) is 42.8 Å². The Labute approximate surface area is 134 Å². The normalized spacial score (nSPS) is 15.6. The maximum Gasteiger partial charge on any atom is 0.401 e. The minimum atomic E-state index is -4.18. The molecule has 6 heteroatoms. The fourth-order valence-electron chi connectivity index (χ4n) is 3.57. The molecular formula is C17H22F3N3. The van der Waals surface area contributed by atoms with E-state index in [0.29, 0.717) is 0 Å². The number of hydrogen-bond acceptors (Lipinski definition) is 2. The number of hydrogen-bond donors (Lipinski definition) is 1. The van der Waals surface area contributed by atoms with Crippen molar-refractivity contribution in [2.45, 2.75) is 46.2 Å². The van der Waals surface area contributed by atoms with E-state index in [4.69, 9.17) is 0 Å². The van der Waals surface area contributed by atoms with Crippen molar-refractivity contribution >= 4 is 10.9 Å². The second kappa shape index (κ2) is 5.83. The van der Waals surface area contributed by atoms with Gasteiger partial charge in [0.2, 0.25) is 0 Å². The van der Waals surface area contributed by atoms with Crippen LogP contribution in [0.1, 0.15) is 29.3 Å². The molecule has 126 valence electrons. The number of rotatable bonds is 4. The average Bonchev–Trinajstić information content (AvgIpc) is 2.92. The first-order valence-electron chi connectivity index (χ1n) is 7.89. The molecule has 0 radical (unpaired) electrons. The highest BCUT2D eigenvalue weighted by molar-refractivity contribution is 5.87. The third kappa shape index (κ3) is 3.10. The zero-order valence-electron chi connectivity index (χ0n) is 13.7. The fourth-order valence-corrected chi connectivity index (χ4v) is 3.57. The van der Waals surface area contributed by atoms with Crippen LogP contribution < -0.4 is 5.32 Å². The quantitative estimate of drug-likeness (QED) is 0.927. The number of nitrogens with zero attached hydrogens (tertiary/aromatic N) is 2. The molecule has 0 aliphatic carbocycles. The minimum absolute atomic E-state index is 0.240. The Balaban J connectivity index is 2.00. The van der Waals surface area contributed by atoms with Gasteiger partial charge in [0.1, 0.15) is 0 Å². The second-order valence-corrected chi connectivity index (χ2v) is 6.34. The molecule has 0 unspecified atom stereocenters. The summed E-state index contributed by atoms with van der Waals surface area (Å²) in [7, 11) is 2.08. The van der Waals surface area contributed by atoms with Gasteiger partial charge in [-0.15, -0.1) is 0 Å². The summed E-state index contributed by atoms with van der Waals surface area (Å²) in [4.78, 5) is 2.24. The van der Waals surface area contributed by atoms with Crippen molar-refractivity contribution in [1.29, 1.82) is 0 Å². The van der Waals surface area contributed by atoms with E-state index in [0.717, 1.165) is 41.8 Å². The number of aromatic nitrogens is 1. The van der Waals surface area contributed by atoms with Gasteiger partial charge in [0.15, 0.2) is 0 Å². The lowest BCUT2D eigenvalue weighted by Crippen LogP contribution is -2.28. The van der Waals surface area contributed by atoms with Crippen molar-refractivity contribution in [2.75, 3.05) is 13.6 Å². The molecule has 2 aromatic rings. The van der Waals surface area contributed by atoms with Crippen LogP contribution in [0.2, 0.25) is 0 Å². The van der Waals surface area contributed by atoms with Crippen molar-refractivity contribution in [3.8, 4) is 0 Å². The van der Waals surface area contributed by atoms with Crippen molar-refractivity contribution in [3.05, 3.63) is 34.5 Å². The lowest BCUT2D eigenvalue weighted by molar-refractivity contribution is -0.125. The molecule has 1 aliphatic rings. The van der Waals surface area contributed by atoms with Gasteiger partial charge in [0.05, 0.1) is 6.54 Å². The maximum absolute atomic E-state index is 12.4. The van der Waals surface area contributed by atoms with E-state index in [1.807, 2.05) is 6.92 Å². The zero-order chi connectivity index (χ0) is 16.8. The van der Waals surface area contributed by atoms with Gasteiger partial charge in [-0.1, -0.05) is 0 Å². The molecule has 3 rings (SSSR count). The summed E-state index contributed by atoms with van der Waals surface area (Å²) < 4.78 is 39.4. The molecule has 0 atom stereocenters. The summed E-state index contributed by atoms with van der Waals surface area (Å²) in [6.45, 7) is 5.99. The van der Waals surface area contributed by atoms with Gasteiger partial charge in [-0.2, -0.15) is 13.2 Å². The van der Waals surface area contributed by atoms with Crippen molar-refractivity contribution in [1.82, 2.24) is 14.8 Å². The van der Waals surface area contributed by atoms with Crippen LogP contribution in [0.15, 0.2) is 12.1 Å². The lowest BCUT2D eigenvalue weighted by atomic mass is 10.0. The number of fused-ring (bicyclic) bond motifs is 2. The van der Waals surface area contributed by atoms with E-state index >= 15 is 0 Å². The van der Waals surface area contributed by atoms with E-state index in [9.17, 15) is 13.2 Å². The van der Waals surface area contributed by atoms with E-state index in [1.54, 1.807) is 0 Å². The third-order valence-corrected chi connectivity index (χ3v) is 4.60. The van der Waals surface area contributed by atoms with Crippen LogP contribution in [0.25, 0.3) is 10.9 Å². The van der Waals surface area contributed by atoms with Crippen LogP contribution in [0.5, 0.6) is 0 Å². The molecule has 0 spiro atoms. The Morgan fingerprint density at radius 2 is 1.83 bits per heavy atom. The first kappa shape index (κ1) is 16.3. The molecule has 2 heterocycles. The van der Waals surface area contributed by atoms with Crippen LogP contribution in [0.4, 0.5) is 13.2 Å². The smallest absolute Gasteiger partial charge is 0.345 e. The minimum Gasteiger partial charge on any atom is -0.345 e. The highest BCUT2D eigenvalue weighted by Crippen LogP contribution is 2.32. The topological polar surface area (TPSA) is 20.2 Å². The fraction of sp³-hybridized carbons (Fsp3) is 0.529. The summed E-state index contributed by atoms with van der Waals surface area (Å²) >= 11 is 0. The van der Waals surface area contributed by atoms with E-state index < -0.39 is 12.7 Å². The highest BCUT2D eigenvalue weighted by Gasteiger charge is 2.27. The first-order chi connectivity index (χ1) is 10.8. The van der Waals surface area contributed by atoms with E-state index in [2.05, 4.69) is 40.9 Å². The zero-order valence-corrected chi connectivity index (χ0v) is 13.7. The molecule has 0 saturated heterocycles. The molecule has 3 nitrogen and oxygen atoms in total. The molecule has 0 saturated carbocycles. The molecule has 1 aliphatic heterocycles. The molecule has 23 heavy (non-hydrogen) atoms. The van der Waals surface area contributed by atoms with Gasteiger partial charge in [0.25, 0.3) is 0 Å². The lowest BCUT2D eigenvalue weighted by Gasteiger charge is -2.09. The number of aryl methyl sites for hydroxylation is 1. The number of nitrogens with one attached hydrogen (secondary N) is 1. The molecule has 0 bridgehead atoms. The van der Waals surface area contributed by atoms with E-state index in [-0.39, 0.29) is 6.54 Å². The van der Waals surface area contributed by atoms with E-state index in [1.165, 1.54) is 11.1 Å². The maximum atomic E-state index is 12.4. The molecule has 0 amide bonds. The van der Waals surface area contributed by atoms with Gasteiger partial charge in [-0.25, -0.2) is 0 Å². The molecular weight excluding hydrogens is 303 g/mol. The number of halogens is 3. The van der Waals surface area contributed by atoms with Crippen LogP contribution in [0, 0.1) is 6.92 Å². The summed E-state index contributed by atoms with van der Waals surface area (Å²) in [6.07, 6.45) is -4.18. The third-order valence-electron chi connectivity index (χ3n) is 4.60. The Hall–Kier alpha value is -1.53. The average molecular weight is 325 g/mol. The van der Waals surface area contributed by atoms with Crippen LogP contribution in [-0.2, 0) is 26.2 Å². The Kier molecular flexibility index (Phi) is 4.14. The highest BCUT2D eigenvalue weighted by atomic mass is 19.4. The molecule has 1 aromatic carbocycles. The van der Waals surface area contributed by atoms with Crippen LogP contribution in [-0.4, -0.2) is 29.2 Å². The largest absolute Gasteiger partial charge is 0.401 e. The number of alkyl halides is 3. The second-order valence-electron chi connectivity index (χ2n) is 6.34. The summed E-state index contributed by atoms with van der Waals surface area (Å²) in [6, 6.07) is 4.37. The van der Waals surface area contributed by atoms with Gasteiger partial charge in [-0.3, -0.25) is 4.90 Å². The van der Waals surface area contributed by atoms with Crippen molar-refractivity contribution in [3.63, 3.8) is 0 Å². The SMILES string of the molecule is CCn1c(C)c(CNCC(F)(F)F)c2cc3c(cc21)CN(C)C3. The summed E-state index contributed by atoms with van der Waals surface area (Å²) in [5.74, 6) is 0. The molecule has 0 fully saturated rings. The van der Waals surface area contributed by atoms with Crippen LogP contribution in [0.3, 0.4) is 0 Å². The predicted octanol–water partition coefficient (Wildman–Crippen LogP) is 3.57. The predicted molar refractivity (Wildman–Crippen MR) is 85.3 cm³/mol. The summed E-state index contributed by atoms with van der Waals surface area (Å²) in [5, 5.41) is 3.62.